The van der Waals surface area contributed by atoms with Gasteiger partial charge in [-0.2, -0.15) is 5.10 Å². The SMILES string of the molecule is CNCc1ccc(OCCn2nc(C)c(Br)c2C)cc1. The smallest absolute Gasteiger partial charge is 0.119 e. The van der Waals surface area contributed by atoms with Gasteiger partial charge in [-0.3, -0.25) is 4.68 Å². The summed E-state index contributed by atoms with van der Waals surface area (Å²) in [5.74, 6) is 0.894. The zero-order valence-corrected chi connectivity index (χ0v) is 13.7. The van der Waals surface area contributed by atoms with Crippen molar-refractivity contribution in [3.05, 3.63) is 45.7 Å². The minimum atomic E-state index is 0.611. The van der Waals surface area contributed by atoms with Gasteiger partial charge in [0.25, 0.3) is 0 Å². The fourth-order valence-corrected chi connectivity index (χ4v) is 2.33. The number of ether oxygens (including phenoxy) is 1. The number of hydrogen-bond acceptors (Lipinski definition) is 3. The van der Waals surface area contributed by atoms with E-state index in [4.69, 9.17) is 4.74 Å². The van der Waals surface area contributed by atoms with Crippen molar-refractivity contribution in [2.24, 2.45) is 0 Å². The molecule has 0 aliphatic rings. The van der Waals surface area contributed by atoms with Gasteiger partial charge >= 0.3 is 0 Å². The Balaban J connectivity index is 1.87. The molecule has 1 heterocycles. The fraction of sp³-hybridized carbons (Fsp3) is 0.400. The minimum Gasteiger partial charge on any atom is -0.492 e. The maximum atomic E-state index is 5.75. The van der Waals surface area contributed by atoms with Gasteiger partial charge in [-0.05, 0) is 54.5 Å². The summed E-state index contributed by atoms with van der Waals surface area (Å²) >= 11 is 3.53. The van der Waals surface area contributed by atoms with E-state index in [2.05, 4.69) is 45.4 Å². The first-order valence-corrected chi connectivity index (χ1v) is 7.47. The lowest BCUT2D eigenvalue weighted by Gasteiger charge is -2.08. The Morgan fingerprint density at radius 1 is 1.25 bits per heavy atom. The number of benzene rings is 1. The highest BCUT2D eigenvalue weighted by atomic mass is 79.9. The van der Waals surface area contributed by atoms with E-state index in [0.29, 0.717) is 6.61 Å². The van der Waals surface area contributed by atoms with Gasteiger partial charge in [-0.1, -0.05) is 12.1 Å². The third-order valence-electron chi connectivity index (χ3n) is 3.17. The van der Waals surface area contributed by atoms with Gasteiger partial charge in [-0.15, -0.1) is 0 Å². The Labute approximate surface area is 128 Å². The molecular formula is C15H20BrN3O. The summed E-state index contributed by atoms with van der Waals surface area (Å²) in [6, 6.07) is 8.16. The molecule has 0 amide bonds. The highest BCUT2D eigenvalue weighted by molar-refractivity contribution is 9.10. The molecule has 0 bridgehead atoms. The van der Waals surface area contributed by atoms with Crippen molar-refractivity contribution < 1.29 is 4.74 Å². The Bertz CT molecular complexity index is 563. The second-order valence-electron chi connectivity index (χ2n) is 4.73. The monoisotopic (exact) mass is 337 g/mol. The molecule has 0 aliphatic carbocycles. The van der Waals surface area contributed by atoms with Crippen LogP contribution >= 0.6 is 15.9 Å². The summed E-state index contributed by atoms with van der Waals surface area (Å²) in [5, 5.41) is 7.59. The number of nitrogens with zero attached hydrogens (tertiary/aromatic N) is 2. The van der Waals surface area contributed by atoms with Gasteiger partial charge in [0.1, 0.15) is 12.4 Å². The summed E-state index contributed by atoms with van der Waals surface area (Å²) in [4.78, 5) is 0. The first-order valence-electron chi connectivity index (χ1n) is 6.67. The zero-order chi connectivity index (χ0) is 14.5. The largest absolute Gasteiger partial charge is 0.492 e. The van der Waals surface area contributed by atoms with Crippen molar-refractivity contribution in [1.29, 1.82) is 0 Å². The number of aromatic nitrogens is 2. The van der Waals surface area contributed by atoms with E-state index in [0.717, 1.165) is 34.7 Å². The quantitative estimate of drug-likeness (QED) is 0.880. The van der Waals surface area contributed by atoms with Crippen molar-refractivity contribution in [1.82, 2.24) is 15.1 Å². The Hall–Kier alpha value is -1.33. The number of nitrogens with one attached hydrogen (secondary N) is 1. The second kappa shape index (κ2) is 6.90. The van der Waals surface area contributed by atoms with E-state index >= 15 is 0 Å². The van der Waals surface area contributed by atoms with E-state index in [1.165, 1.54) is 5.56 Å². The molecule has 108 valence electrons. The van der Waals surface area contributed by atoms with Gasteiger partial charge in [0.2, 0.25) is 0 Å². The molecule has 0 fully saturated rings. The standard InChI is InChI=1S/C15H20BrN3O/c1-11-15(16)12(2)19(18-11)8-9-20-14-6-4-13(5-7-14)10-17-3/h4-7,17H,8-10H2,1-3H3. The zero-order valence-electron chi connectivity index (χ0n) is 12.1. The number of aryl methyl sites for hydroxylation is 1. The van der Waals surface area contributed by atoms with Crippen LogP contribution in [0.4, 0.5) is 0 Å². The molecule has 0 aliphatic heterocycles. The predicted octanol–water partition coefficient (Wildman–Crippen LogP) is 3.06. The van der Waals surface area contributed by atoms with Crippen LogP contribution in [0, 0.1) is 13.8 Å². The molecule has 0 saturated carbocycles. The molecule has 1 aromatic carbocycles. The van der Waals surface area contributed by atoms with Crippen LogP contribution in [-0.2, 0) is 13.1 Å². The Morgan fingerprint density at radius 3 is 2.50 bits per heavy atom. The van der Waals surface area contributed by atoms with Crippen LogP contribution in [0.3, 0.4) is 0 Å². The van der Waals surface area contributed by atoms with Crippen LogP contribution in [-0.4, -0.2) is 23.4 Å². The molecule has 2 rings (SSSR count). The van der Waals surface area contributed by atoms with Crippen molar-refractivity contribution >= 4 is 15.9 Å². The van der Waals surface area contributed by atoms with E-state index in [1.54, 1.807) is 0 Å². The molecule has 5 heteroatoms. The van der Waals surface area contributed by atoms with Crippen molar-refractivity contribution in [3.63, 3.8) is 0 Å². The van der Waals surface area contributed by atoms with Crippen LogP contribution < -0.4 is 10.1 Å². The van der Waals surface area contributed by atoms with E-state index in [1.807, 2.05) is 30.8 Å². The summed E-state index contributed by atoms with van der Waals surface area (Å²) in [7, 11) is 1.94. The summed E-state index contributed by atoms with van der Waals surface area (Å²) in [6.45, 7) is 6.28. The molecule has 0 unspecified atom stereocenters. The van der Waals surface area contributed by atoms with Crippen molar-refractivity contribution in [2.45, 2.75) is 26.9 Å². The third kappa shape index (κ3) is 3.61. The normalized spacial score (nSPS) is 10.8. The molecule has 0 radical (unpaired) electrons. The summed E-state index contributed by atoms with van der Waals surface area (Å²) < 4.78 is 8.80. The first-order chi connectivity index (χ1) is 9.61. The second-order valence-corrected chi connectivity index (χ2v) is 5.52. The predicted molar refractivity (Wildman–Crippen MR) is 84.1 cm³/mol. The van der Waals surface area contributed by atoms with Crippen LogP contribution in [0.1, 0.15) is 17.0 Å². The number of rotatable bonds is 6. The minimum absolute atomic E-state index is 0.611. The molecule has 0 saturated heterocycles. The summed E-state index contributed by atoms with van der Waals surface area (Å²) in [6.07, 6.45) is 0. The average Bonchev–Trinajstić information content (AvgIpc) is 2.69. The molecule has 20 heavy (non-hydrogen) atoms. The van der Waals surface area contributed by atoms with Gasteiger partial charge in [0.05, 0.1) is 16.7 Å². The molecule has 0 atom stereocenters. The van der Waals surface area contributed by atoms with Gasteiger partial charge in [-0.25, -0.2) is 0 Å². The highest BCUT2D eigenvalue weighted by Gasteiger charge is 2.08. The lowest BCUT2D eigenvalue weighted by molar-refractivity contribution is 0.289. The van der Waals surface area contributed by atoms with Crippen LogP contribution in [0.2, 0.25) is 0 Å². The number of hydrogen-bond donors (Lipinski definition) is 1. The topological polar surface area (TPSA) is 39.1 Å². The van der Waals surface area contributed by atoms with Crippen LogP contribution in [0.5, 0.6) is 5.75 Å². The first kappa shape index (κ1) is 15.1. The molecule has 1 aromatic heterocycles. The lowest BCUT2D eigenvalue weighted by atomic mass is 10.2. The maximum absolute atomic E-state index is 5.75. The Morgan fingerprint density at radius 2 is 1.95 bits per heavy atom. The van der Waals surface area contributed by atoms with E-state index < -0.39 is 0 Å². The van der Waals surface area contributed by atoms with Gasteiger partial charge in [0, 0.05) is 12.2 Å². The maximum Gasteiger partial charge on any atom is 0.119 e. The van der Waals surface area contributed by atoms with Gasteiger partial charge in [0.15, 0.2) is 0 Å². The fourth-order valence-electron chi connectivity index (χ4n) is 2.05. The van der Waals surface area contributed by atoms with Crippen molar-refractivity contribution in [3.8, 4) is 5.75 Å². The van der Waals surface area contributed by atoms with Crippen LogP contribution in [0.25, 0.3) is 0 Å². The van der Waals surface area contributed by atoms with E-state index in [9.17, 15) is 0 Å². The molecule has 1 N–H and O–H groups in total. The molecule has 4 nitrogen and oxygen atoms in total. The number of halogens is 1. The average molecular weight is 338 g/mol. The molecule has 2 aromatic rings. The summed E-state index contributed by atoms with van der Waals surface area (Å²) in [5.41, 5.74) is 3.40. The van der Waals surface area contributed by atoms with Crippen molar-refractivity contribution in [2.75, 3.05) is 13.7 Å². The highest BCUT2D eigenvalue weighted by Crippen LogP contribution is 2.19. The van der Waals surface area contributed by atoms with Crippen LogP contribution in [0.15, 0.2) is 28.7 Å². The molecular weight excluding hydrogens is 318 g/mol. The molecule has 0 spiro atoms. The van der Waals surface area contributed by atoms with Gasteiger partial charge < -0.3 is 10.1 Å². The Kier molecular flexibility index (Phi) is 5.20. The lowest BCUT2D eigenvalue weighted by Crippen LogP contribution is -2.11. The third-order valence-corrected chi connectivity index (χ3v) is 4.32. The van der Waals surface area contributed by atoms with E-state index in [-0.39, 0.29) is 0 Å².